The number of nitrogens with zero attached hydrogens (tertiary/aromatic N) is 1. The predicted molar refractivity (Wildman–Crippen MR) is 92.4 cm³/mol. The second kappa shape index (κ2) is 8.10. The van der Waals surface area contributed by atoms with Crippen molar-refractivity contribution in [3.63, 3.8) is 0 Å². The monoisotopic (exact) mass is 350 g/mol. The molecule has 1 heterocycles. The maximum Gasteiger partial charge on any atom is 0.324 e. The van der Waals surface area contributed by atoms with Crippen molar-refractivity contribution in [1.29, 1.82) is 0 Å². The number of allylic oxidation sites excluding steroid dienone is 1. The molecule has 0 unspecified atom stereocenters. The Morgan fingerprint density at radius 3 is 2.54 bits per heavy atom. The predicted octanol–water partition coefficient (Wildman–Crippen LogP) is 1.70. The Labute approximate surface area is 142 Å². The Hall–Kier alpha value is -2.15. The summed E-state index contributed by atoms with van der Waals surface area (Å²) in [6.45, 7) is 2.26. The smallest absolute Gasteiger partial charge is 0.311 e. The molecular formula is C17H22N2O4S. The van der Waals surface area contributed by atoms with Crippen molar-refractivity contribution in [3.8, 4) is 0 Å². The van der Waals surface area contributed by atoms with E-state index < -0.39 is 15.9 Å². The maximum absolute atomic E-state index is 12.2. The van der Waals surface area contributed by atoms with Crippen molar-refractivity contribution in [3.05, 3.63) is 48.0 Å². The molecular weight excluding hydrogens is 328 g/mol. The first-order valence-corrected chi connectivity index (χ1v) is 9.68. The number of sulfone groups is 1. The SMILES string of the molecule is C[C@@H](CS(=O)(=O)CC/C=C\CN1CC(=O)NC1=O)c1ccccc1. The number of carbonyl (C=O) groups is 2. The van der Waals surface area contributed by atoms with Crippen molar-refractivity contribution in [1.82, 2.24) is 10.2 Å². The number of hydrogen-bond acceptors (Lipinski definition) is 4. The molecule has 0 bridgehead atoms. The summed E-state index contributed by atoms with van der Waals surface area (Å²) in [7, 11) is -3.15. The van der Waals surface area contributed by atoms with Gasteiger partial charge in [0.05, 0.1) is 11.5 Å². The zero-order valence-corrected chi connectivity index (χ0v) is 14.5. The largest absolute Gasteiger partial charge is 0.324 e. The Balaban J connectivity index is 1.75. The number of nitrogens with one attached hydrogen (secondary N) is 1. The fourth-order valence-electron chi connectivity index (χ4n) is 2.54. The van der Waals surface area contributed by atoms with Crippen LogP contribution in [-0.4, -0.2) is 49.9 Å². The number of rotatable bonds is 8. The first kappa shape index (κ1) is 18.2. The first-order chi connectivity index (χ1) is 11.4. The third kappa shape index (κ3) is 5.49. The van der Waals surface area contributed by atoms with Gasteiger partial charge in [-0.3, -0.25) is 10.1 Å². The minimum Gasteiger partial charge on any atom is -0.311 e. The van der Waals surface area contributed by atoms with Crippen molar-refractivity contribution < 1.29 is 18.0 Å². The van der Waals surface area contributed by atoms with Gasteiger partial charge in [-0.15, -0.1) is 0 Å². The van der Waals surface area contributed by atoms with Gasteiger partial charge >= 0.3 is 6.03 Å². The highest BCUT2D eigenvalue weighted by atomic mass is 32.2. The van der Waals surface area contributed by atoms with E-state index in [0.29, 0.717) is 13.0 Å². The summed E-state index contributed by atoms with van der Waals surface area (Å²) in [5.74, 6) is -0.162. The van der Waals surface area contributed by atoms with Crippen LogP contribution >= 0.6 is 0 Å². The molecule has 1 fully saturated rings. The van der Waals surface area contributed by atoms with Crippen LogP contribution in [0.1, 0.15) is 24.8 Å². The summed E-state index contributed by atoms with van der Waals surface area (Å²) in [4.78, 5) is 23.7. The third-order valence-corrected chi connectivity index (χ3v) is 5.69. The second-order valence-corrected chi connectivity index (χ2v) is 8.15. The van der Waals surface area contributed by atoms with Crippen LogP contribution in [0.15, 0.2) is 42.5 Å². The molecule has 1 aromatic rings. The Morgan fingerprint density at radius 1 is 1.21 bits per heavy atom. The molecule has 130 valence electrons. The van der Waals surface area contributed by atoms with Crippen LogP contribution in [0.4, 0.5) is 4.79 Å². The molecule has 0 saturated carbocycles. The lowest BCUT2D eigenvalue weighted by atomic mass is 10.0. The summed E-state index contributed by atoms with van der Waals surface area (Å²) in [5.41, 5.74) is 1.02. The van der Waals surface area contributed by atoms with Crippen LogP contribution in [0, 0.1) is 0 Å². The number of hydrogen-bond donors (Lipinski definition) is 1. The fraction of sp³-hybridized carbons (Fsp3) is 0.412. The van der Waals surface area contributed by atoms with Crippen LogP contribution < -0.4 is 5.32 Å². The molecule has 6 nitrogen and oxygen atoms in total. The molecule has 0 spiro atoms. The topological polar surface area (TPSA) is 83.6 Å². The average Bonchev–Trinajstić information content (AvgIpc) is 2.85. The number of amides is 3. The Morgan fingerprint density at radius 2 is 1.92 bits per heavy atom. The van der Waals surface area contributed by atoms with E-state index in [0.717, 1.165) is 5.56 Å². The zero-order chi connectivity index (χ0) is 17.6. The van der Waals surface area contributed by atoms with Gasteiger partial charge in [-0.2, -0.15) is 0 Å². The molecule has 1 aromatic carbocycles. The zero-order valence-electron chi connectivity index (χ0n) is 13.6. The molecule has 7 heteroatoms. The van der Waals surface area contributed by atoms with Gasteiger partial charge in [0, 0.05) is 6.54 Å². The highest BCUT2D eigenvalue weighted by molar-refractivity contribution is 7.91. The van der Waals surface area contributed by atoms with E-state index in [9.17, 15) is 18.0 Å². The molecule has 0 aromatic heterocycles. The van der Waals surface area contributed by atoms with Gasteiger partial charge in [-0.05, 0) is 17.9 Å². The average molecular weight is 350 g/mol. The molecule has 3 amide bonds. The quantitative estimate of drug-likeness (QED) is 0.571. The van der Waals surface area contributed by atoms with E-state index in [-0.39, 0.29) is 29.9 Å². The molecule has 0 aliphatic carbocycles. The van der Waals surface area contributed by atoms with Gasteiger partial charge in [0.15, 0.2) is 9.84 Å². The molecule has 2 rings (SSSR count). The number of urea groups is 1. The van der Waals surface area contributed by atoms with Gasteiger partial charge in [0.25, 0.3) is 0 Å². The minimum absolute atomic E-state index is 0.0421. The van der Waals surface area contributed by atoms with E-state index in [4.69, 9.17) is 0 Å². The molecule has 1 N–H and O–H groups in total. The second-order valence-electron chi connectivity index (χ2n) is 5.92. The normalized spacial score (nSPS) is 16.6. The van der Waals surface area contributed by atoms with Crippen LogP contribution in [-0.2, 0) is 14.6 Å². The van der Waals surface area contributed by atoms with Gasteiger partial charge in [0.2, 0.25) is 5.91 Å². The van der Waals surface area contributed by atoms with E-state index >= 15 is 0 Å². The minimum atomic E-state index is -3.15. The highest BCUT2D eigenvalue weighted by Gasteiger charge is 2.25. The lowest BCUT2D eigenvalue weighted by molar-refractivity contribution is -0.118. The van der Waals surface area contributed by atoms with E-state index in [1.165, 1.54) is 4.90 Å². The highest BCUT2D eigenvalue weighted by Crippen LogP contribution is 2.17. The van der Waals surface area contributed by atoms with Crippen LogP contribution in [0.25, 0.3) is 0 Å². The molecule has 1 atom stereocenters. The van der Waals surface area contributed by atoms with Gasteiger partial charge in [-0.1, -0.05) is 49.4 Å². The molecule has 1 aliphatic rings. The lowest BCUT2D eigenvalue weighted by Gasteiger charge is -2.12. The number of imide groups is 1. The molecule has 1 aliphatic heterocycles. The van der Waals surface area contributed by atoms with Crippen molar-refractivity contribution in [2.45, 2.75) is 19.3 Å². The lowest BCUT2D eigenvalue weighted by Crippen LogP contribution is -2.28. The van der Waals surface area contributed by atoms with E-state index in [2.05, 4.69) is 5.32 Å². The van der Waals surface area contributed by atoms with E-state index in [1.54, 1.807) is 12.2 Å². The van der Waals surface area contributed by atoms with Crippen LogP contribution in [0.2, 0.25) is 0 Å². The van der Waals surface area contributed by atoms with Crippen LogP contribution in [0.3, 0.4) is 0 Å². The van der Waals surface area contributed by atoms with Gasteiger partial charge < -0.3 is 4.90 Å². The number of benzene rings is 1. The summed E-state index contributed by atoms with van der Waals surface area (Å²) in [5, 5.41) is 2.19. The maximum atomic E-state index is 12.2. The molecule has 24 heavy (non-hydrogen) atoms. The van der Waals surface area contributed by atoms with Gasteiger partial charge in [-0.25, -0.2) is 13.2 Å². The fourth-order valence-corrected chi connectivity index (χ4v) is 4.16. The summed E-state index contributed by atoms with van der Waals surface area (Å²) in [6.07, 6.45) is 3.85. The number of carbonyl (C=O) groups excluding carboxylic acids is 2. The Bertz CT molecular complexity index is 713. The standard InChI is InChI=1S/C17H22N2O4S/c1-14(15-8-4-2-5-9-15)13-24(22,23)11-7-3-6-10-19-12-16(20)18-17(19)21/h2-6,8-9,14H,7,10-13H2,1H3,(H,18,20,21)/b6-3-/t14-/m0/s1. The van der Waals surface area contributed by atoms with Crippen molar-refractivity contribution in [2.24, 2.45) is 0 Å². The summed E-state index contributed by atoms with van der Waals surface area (Å²) < 4.78 is 24.4. The van der Waals surface area contributed by atoms with E-state index in [1.807, 2.05) is 37.3 Å². The first-order valence-electron chi connectivity index (χ1n) is 7.86. The summed E-state index contributed by atoms with van der Waals surface area (Å²) in [6, 6.07) is 9.17. The molecule has 0 radical (unpaired) electrons. The third-order valence-electron chi connectivity index (χ3n) is 3.83. The Kier molecular flexibility index (Phi) is 6.14. The van der Waals surface area contributed by atoms with Gasteiger partial charge in [0.1, 0.15) is 6.54 Å². The van der Waals surface area contributed by atoms with Crippen molar-refractivity contribution >= 4 is 21.8 Å². The summed E-state index contributed by atoms with van der Waals surface area (Å²) >= 11 is 0. The molecule has 1 saturated heterocycles. The van der Waals surface area contributed by atoms with Crippen LogP contribution in [0.5, 0.6) is 0 Å². The van der Waals surface area contributed by atoms with Crippen molar-refractivity contribution in [2.75, 3.05) is 24.6 Å².